The van der Waals surface area contributed by atoms with Crippen LogP contribution in [0.25, 0.3) is 11.6 Å². The first-order valence-corrected chi connectivity index (χ1v) is 9.82. The molecule has 0 saturated heterocycles. The Morgan fingerprint density at radius 3 is 2.77 bits per heavy atom. The van der Waals surface area contributed by atoms with E-state index in [1.807, 2.05) is 6.92 Å². The van der Waals surface area contributed by atoms with Crippen LogP contribution in [-0.2, 0) is 9.53 Å². The quantitative estimate of drug-likeness (QED) is 0.582. The minimum absolute atomic E-state index is 0.0285. The van der Waals surface area contributed by atoms with Gasteiger partial charge in [0.2, 0.25) is 5.89 Å². The van der Waals surface area contributed by atoms with Gasteiger partial charge in [-0.3, -0.25) is 4.79 Å². The minimum atomic E-state index is -0.124. The fourth-order valence-electron chi connectivity index (χ4n) is 4.36. The van der Waals surface area contributed by atoms with Crippen molar-refractivity contribution in [3.63, 3.8) is 0 Å². The highest BCUT2D eigenvalue weighted by molar-refractivity contribution is 9.10. The Morgan fingerprint density at radius 1 is 1.31 bits per heavy atom. The van der Waals surface area contributed by atoms with Crippen LogP contribution in [-0.4, -0.2) is 33.6 Å². The zero-order valence-electron chi connectivity index (χ0n) is 14.5. The SMILES string of the molecule is CCOC(=O)[C@@H]1C2CCC(CC2)[C@H]1Nc1cc(-c2ncco2)nc(Br)n1. The number of fused-ring (bicyclic) bond motifs is 3. The van der Waals surface area contributed by atoms with Crippen molar-refractivity contribution in [3.8, 4) is 11.6 Å². The Labute approximate surface area is 160 Å². The smallest absolute Gasteiger partial charge is 0.311 e. The van der Waals surface area contributed by atoms with Gasteiger partial charge in [-0.25, -0.2) is 15.0 Å². The summed E-state index contributed by atoms with van der Waals surface area (Å²) in [6, 6.07) is 1.84. The lowest BCUT2D eigenvalue weighted by atomic mass is 9.61. The summed E-state index contributed by atoms with van der Waals surface area (Å²) in [5.74, 6) is 1.71. The predicted octanol–water partition coefficient (Wildman–Crippen LogP) is 3.67. The number of oxazole rings is 1. The number of carbonyl (C=O) groups is 1. The molecule has 2 aromatic heterocycles. The molecule has 5 rings (SSSR count). The number of hydrogen-bond acceptors (Lipinski definition) is 7. The molecule has 0 amide bonds. The maximum absolute atomic E-state index is 12.6. The minimum Gasteiger partial charge on any atom is -0.466 e. The Morgan fingerprint density at radius 2 is 2.08 bits per heavy atom. The van der Waals surface area contributed by atoms with E-state index in [1.54, 1.807) is 12.3 Å². The molecule has 2 bridgehead atoms. The van der Waals surface area contributed by atoms with E-state index in [9.17, 15) is 4.79 Å². The van der Waals surface area contributed by atoms with Crippen molar-refractivity contribution in [1.82, 2.24) is 15.0 Å². The summed E-state index contributed by atoms with van der Waals surface area (Å²) >= 11 is 3.35. The van der Waals surface area contributed by atoms with Gasteiger partial charge in [0.15, 0.2) is 4.73 Å². The second-order valence-corrected chi connectivity index (χ2v) is 7.58. The van der Waals surface area contributed by atoms with Gasteiger partial charge < -0.3 is 14.5 Å². The van der Waals surface area contributed by atoms with Crippen molar-refractivity contribution in [2.24, 2.45) is 17.8 Å². The third-order valence-corrected chi connectivity index (χ3v) is 5.80. The van der Waals surface area contributed by atoms with Crippen LogP contribution < -0.4 is 5.32 Å². The summed E-state index contributed by atoms with van der Waals surface area (Å²) in [6.45, 7) is 2.26. The first-order chi connectivity index (χ1) is 12.7. The summed E-state index contributed by atoms with van der Waals surface area (Å²) in [6.07, 6.45) is 7.56. The predicted molar refractivity (Wildman–Crippen MR) is 98.2 cm³/mol. The van der Waals surface area contributed by atoms with Gasteiger partial charge >= 0.3 is 5.97 Å². The number of anilines is 1. The molecule has 7 nitrogen and oxygen atoms in total. The van der Waals surface area contributed by atoms with Gasteiger partial charge in [-0.15, -0.1) is 0 Å². The van der Waals surface area contributed by atoms with Gasteiger partial charge in [0.25, 0.3) is 0 Å². The highest BCUT2D eigenvalue weighted by atomic mass is 79.9. The lowest BCUT2D eigenvalue weighted by Gasteiger charge is -2.47. The summed E-state index contributed by atoms with van der Waals surface area (Å²) < 4.78 is 11.1. The number of esters is 1. The fourth-order valence-corrected chi connectivity index (χ4v) is 4.74. The summed E-state index contributed by atoms with van der Waals surface area (Å²) in [5.41, 5.74) is 0.591. The molecule has 3 aliphatic carbocycles. The van der Waals surface area contributed by atoms with E-state index in [0.717, 1.165) is 25.7 Å². The van der Waals surface area contributed by atoms with Crippen molar-refractivity contribution >= 4 is 27.7 Å². The van der Waals surface area contributed by atoms with Gasteiger partial charge in [0, 0.05) is 12.1 Å². The number of halogens is 1. The molecule has 3 aliphatic rings. The third-order valence-electron chi connectivity index (χ3n) is 5.44. The molecule has 2 heterocycles. The largest absolute Gasteiger partial charge is 0.466 e. The van der Waals surface area contributed by atoms with Gasteiger partial charge in [-0.2, -0.15) is 0 Å². The van der Waals surface area contributed by atoms with Gasteiger partial charge in [0.05, 0.1) is 18.7 Å². The van der Waals surface area contributed by atoms with E-state index in [4.69, 9.17) is 9.15 Å². The molecule has 8 heteroatoms. The van der Waals surface area contributed by atoms with Crippen molar-refractivity contribution in [2.45, 2.75) is 38.6 Å². The van der Waals surface area contributed by atoms with Crippen molar-refractivity contribution in [1.29, 1.82) is 0 Å². The standard InChI is InChI=1S/C18H21BrN4O3/c1-2-25-17(24)14-10-3-5-11(6-4-10)15(14)22-13-9-12(21-18(19)23-13)16-20-7-8-26-16/h7-11,14-15H,2-6H2,1H3,(H,21,22,23)/t10?,11?,14-,15-/m1/s1. The number of rotatable bonds is 5. The normalized spacial score (nSPS) is 27.3. The van der Waals surface area contributed by atoms with Crippen LogP contribution in [0.2, 0.25) is 0 Å². The second kappa shape index (κ2) is 7.34. The molecule has 138 valence electrons. The topological polar surface area (TPSA) is 90.1 Å². The molecular formula is C18H21BrN4O3. The summed E-state index contributed by atoms with van der Waals surface area (Å²) in [7, 11) is 0. The van der Waals surface area contributed by atoms with Crippen LogP contribution in [0, 0.1) is 17.8 Å². The number of aromatic nitrogens is 3. The van der Waals surface area contributed by atoms with Crippen LogP contribution in [0.1, 0.15) is 32.6 Å². The van der Waals surface area contributed by atoms with E-state index in [2.05, 4.69) is 36.2 Å². The van der Waals surface area contributed by atoms with Crippen molar-refractivity contribution in [2.75, 3.05) is 11.9 Å². The molecule has 1 N–H and O–H groups in total. The van der Waals surface area contributed by atoms with Crippen molar-refractivity contribution < 1.29 is 13.9 Å². The van der Waals surface area contributed by atoms with Crippen LogP contribution in [0.5, 0.6) is 0 Å². The molecule has 0 aliphatic heterocycles. The number of nitrogens with one attached hydrogen (secondary N) is 1. The number of carbonyl (C=O) groups excluding carboxylic acids is 1. The average Bonchev–Trinajstić information content (AvgIpc) is 3.17. The Balaban J connectivity index is 1.61. The lowest BCUT2D eigenvalue weighted by Crippen LogP contribution is -2.52. The molecular weight excluding hydrogens is 400 g/mol. The molecule has 0 unspecified atom stereocenters. The maximum atomic E-state index is 12.6. The Hall–Kier alpha value is -1.96. The highest BCUT2D eigenvalue weighted by Crippen LogP contribution is 2.46. The lowest BCUT2D eigenvalue weighted by molar-refractivity contribution is -0.154. The number of hydrogen-bond donors (Lipinski definition) is 1. The number of nitrogens with zero attached hydrogens (tertiary/aromatic N) is 3. The van der Waals surface area contributed by atoms with Crippen LogP contribution in [0.3, 0.4) is 0 Å². The zero-order chi connectivity index (χ0) is 18.1. The highest BCUT2D eigenvalue weighted by Gasteiger charge is 2.48. The third kappa shape index (κ3) is 3.34. The monoisotopic (exact) mass is 420 g/mol. The molecule has 2 atom stereocenters. The van der Waals surface area contributed by atoms with Crippen molar-refractivity contribution in [3.05, 3.63) is 23.3 Å². The zero-order valence-corrected chi connectivity index (χ0v) is 16.1. The van der Waals surface area contributed by atoms with Crippen LogP contribution >= 0.6 is 15.9 Å². The summed E-state index contributed by atoms with van der Waals surface area (Å²) in [5, 5.41) is 3.49. The molecule has 3 saturated carbocycles. The maximum Gasteiger partial charge on any atom is 0.311 e. The molecule has 2 aromatic rings. The average molecular weight is 421 g/mol. The van der Waals surface area contributed by atoms with E-state index < -0.39 is 0 Å². The van der Waals surface area contributed by atoms with Gasteiger partial charge in [-0.1, -0.05) is 0 Å². The number of ether oxygens (including phenoxy) is 1. The van der Waals surface area contributed by atoms with Gasteiger partial charge in [0.1, 0.15) is 17.8 Å². The molecule has 0 spiro atoms. The molecule has 0 aromatic carbocycles. The second-order valence-electron chi connectivity index (χ2n) is 6.87. The molecule has 3 fully saturated rings. The summed E-state index contributed by atoms with van der Waals surface area (Å²) in [4.78, 5) is 25.5. The van der Waals surface area contributed by atoms with Crippen LogP contribution in [0.15, 0.2) is 27.7 Å². The van der Waals surface area contributed by atoms with E-state index >= 15 is 0 Å². The van der Waals surface area contributed by atoms with Crippen LogP contribution in [0.4, 0.5) is 5.82 Å². The fraction of sp³-hybridized carbons (Fsp3) is 0.556. The van der Waals surface area contributed by atoms with E-state index in [1.165, 1.54) is 6.26 Å². The van der Waals surface area contributed by atoms with E-state index in [0.29, 0.717) is 40.6 Å². The first kappa shape index (κ1) is 17.5. The van der Waals surface area contributed by atoms with Gasteiger partial charge in [-0.05, 0) is 60.4 Å². The Kier molecular flexibility index (Phi) is 4.93. The Bertz CT molecular complexity index is 775. The molecule has 26 heavy (non-hydrogen) atoms. The van der Waals surface area contributed by atoms with E-state index in [-0.39, 0.29) is 17.9 Å². The first-order valence-electron chi connectivity index (χ1n) is 9.03. The molecule has 0 radical (unpaired) electrons.